The molecule has 1 aromatic heterocycles. The molecule has 3 rings (SSSR count). The molecule has 154 valence electrons. The predicted molar refractivity (Wildman–Crippen MR) is 122 cm³/mol. The van der Waals surface area contributed by atoms with Crippen molar-refractivity contribution >= 4 is 55.8 Å². The number of amides is 1. The average molecular weight is 452 g/mol. The normalized spacial score (nSPS) is 11.2. The fraction of sp³-hybridized carbons (Fsp3) is 0.333. The number of methoxy groups -OCH3 is 1. The molecule has 0 bridgehead atoms. The molecule has 8 heteroatoms. The maximum Gasteiger partial charge on any atom is 0.260 e. The number of ether oxygens (including phenoxy) is 1. The lowest BCUT2D eigenvalue weighted by molar-refractivity contribution is 0.0983. The largest absolute Gasteiger partial charge is 0.494 e. The third kappa shape index (κ3) is 5.01. The number of anilines is 1. The van der Waals surface area contributed by atoms with Gasteiger partial charge in [-0.3, -0.25) is 9.69 Å². The number of halogens is 2. The van der Waals surface area contributed by atoms with E-state index in [0.29, 0.717) is 33.0 Å². The highest BCUT2D eigenvalue weighted by Crippen LogP contribution is 2.35. The quantitative estimate of drug-likeness (QED) is 0.446. The molecule has 3 aromatic rings. The number of carbonyl (C=O) groups excluding carboxylic acids is 1. The summed E-state index contributed by atoms with van der Waals surface area (Å²) in [6.45, 7) is 7.28. The molecule has 0 aliphatic heterocycles. The lowest BCUT2D eigenvalue weighted by Crippen LogP contribution is -2.38. The summed E-state index contributed by atoms with van der Waals surface area (Å²) in [7, 11) is 1.62. The van der Waals surface area contributed by atoms with Crippen LogP contribution in [0.25, 0.3) is 10.2 Å². The van der Waals surface area contributed by atoms with Gasteiger partial charge in [-0.15, -0.1) is 0 Å². The van der Waals surface area contributed by atoms with Crippen LogP contribution in [-0.2, 0) is 0 Å². The molecule has 0 saturated carbocycles. The highest BCUT2D eigenvalue weighted by Gasteiger charge is 2.23. The zero-order valence-corrected chi connectivity index (χ0v) is 18.9. The maximum absolute atomic E-state index is 13.4. The summed E-state index contributed by atoms with van der Waals surface area (Å²) in [5.74, 6) is 0.506. The van der Waals surface area contributed by atoms with E-state index in [4.69, 9.17) is 32.9 Å². The van der Waals surface area contributed by atoms with Crippen molar-refractivity contribution in [2.75, 3.05) is 38.2 Å². The SMILES string of the molecule is CCN(CC)CCN(C(=O)c1cc(Cl)cc(Cl)c1)c1nc2c(OC)cccc2s1. The Morgan fingerprint density at radius 1 is 1.10 bits per heavy atom. The molecule has 2 aromatic carbocycles. The van der Waals surface area contributed by atoms with Crippen molar-refractivity contribution < 1.29 is 9.53 Å². The fourth-order valence-corrected chi connectivity index (χ4v) is 4.62. The van der Waals surface area contributed by atoms with Gasteiger partial charge in [-0.05, 0) is 43.4 Å². The Morgan fingerprint density at radius 3 is 2.41 bits per heavy atom. The molecular formula is C21H23Cl2N3O2S. The van der Waals surface area contributed by atoms with Crippen molar-refractivity contribution in [3.63, 3.8) is 0 Å². The van der Waals surface area contributed by atoms with E-state index in [1.165, 1.54) is 11.3 Å². The molecule has 0 aliphatic rings. The van der Waals surface area contributed by atoms with Crippen LogP contribution in [0.15, 0.2) is 36.4 Å². The first-order valence-electron chi connectivity index (χ1n) is 9.40. The van der Waals surface area contributed by atoms with Crippen LogP contribution in [-0.4, -0.2) is 49.1 Å². The van der Waals surface area contributed by atoms with Gasteiger partial charge in [-0.25, -0.2) is 4.98 Å². The Kier molecular flexibility index (Phi) is 7.35. The summed E-state index contributed by atoms with van der Waals surface area (Å²) >= 11 is 13.7. The predicted octanol–water partition coefficient (Wildman–Crippen LogP) is 5.60. The molecule has 0 fully saturated rings. The van der Waals surface area contributed by atoms with E-state index >= 15 is 0 Å². The molecule has 0 saturated heterocycles. The first-order chi connectivity index (χ1) is 14.0. The molecule has 0 aliphatic carbocycles. The number of fused-ring (bicyclic) bond motifs is 1. The number of benzene rings is 2. The third-order valence-electron chi connectivity index (χ3n) is 4.71. The number of para-hydroxylation sites is 1. The number of hydrogen-bond donors (Lipinski definition) is 0. The van der Waals surface area contributed by atoms with Crippen molar-refractivity contribution in [3.8, 4) is 5.75 Å². The van der Waals surface area contributed by atoms with Crippen LogP contribution < -0.4 is 9.64 Å². The van der Waals surface area contributed by atoms with Crippen molar-refractivity contribution in [1.29, 1.82) is 0 Å². The number of aromatic nitrogens is 1. The van der Waals surface area contributed by atoms with Crippen LogP contribution in [0.3, 0.4) is 0 Å². The minimum Gasteiger partial charge on any atom is -0.494 e. The topological polar surface area (TPSA) is 45.7 Å². The standard InChI is InChI=1S/C21H23Cl2N3O2S/c1-4-25(5-2)9-10-26(20(27)14-11-15(22)13-16(23)12-14)21-24-19-17(28-3)7-6-8-18(19)29-21/h6-8,11-13H,4-5,9-10H2,1-3H3. The molecular weight excluding hydrogens is 429 g/mol. The summed E-state index contributed by atoms with van der Waals surface area (Å²) in [4.78, 5) is 22.1. The Morgan fingerprint density at radius 2 is 1.79 bits per heavy atom. The van der Waals surface area contributed by atoms with Crippen LogP contribution in [0.1, 0.15) is 24.2 Å². The Bertz CT molecular complexity index is 985. The van der Waals surface area contributed by atoms with E-state index in [1.54, 1.807) is 30.2 Å². The van der Waals surface area contributed by atoms with Gasteiger partial charge in [0.05, 0.1) is 11.8 Å². The molecule has 0 spiro atoms. The second-order valence-corrected chi connectivity index (χ2v) is 8.33. The van der Waals surface area contributed by atoms with Gasteiger partial charge >= 0.3 is 0 Å². The highest BCUT2D eigenvalue weighted by molar-refractivity contribution is 7.22. The Labute approximate surface area is 184 Å². The van der Waals surface area contributed by atoms with Gasteiger partial charge in [-0.1, -0.05) is 54.5 Å². The number of nitrogens with zero attached hydrogens (tertiary/aromatic N) is 3. The molecule has 0 radical (unpaired) electrons. The zero-order chi connectivity index (χ0) is 21.0. The summed E-state index contributed by atoms with van der Waals surface area (Å²) < 4.78 is 6.39. The van der Waals surface area contributed by atoms with Gasteiger partial charge in [0.2, 0.25) is 0 Å². The van der Waals surface area contributed by atoms with E-state index in [2.05, 4.69) is 18.7 Å². The Hall–Kier alpha value is -1.86. The molecule has 1 amide bonds. The molecule has 5 nitrogen and oxygen atoms in total. The second-order valence-electron chi connectivity index (χ2n) is 6.45. The average Bonchev–Trinajstić information content (AvgIpc) is 3.14. The van der Waals surface area contributed by atoms with E-state index in [-0.39, 0.29) is 5.91 Å². The zero-order valence-electron chi connectivity index (χ0n) is 16.6. The van der Waals surface area contributed by atoms with E-state index in [9.17, 15) is 4.79 Å². The van der Waals surface area contributed by atoms with Gasteiger partial charge < -0.3 is 9.64 Å². The van der Waals surface area contributed by atoms with Gasteiger partial charge in [0.15, 0.2) is 5.13 Å². The summed E-state index contributed by atoms with van der Waals surface area (Å²) in [6.07, 6.45) is 0. The minimum absolute atomic E-state index is 0.181. The van der Waals surface area contributed by atoms with Gasteiger partial charge in [0.1, 0.15) is 11.3 Å². The van der Waals surface area contributed by atoms with Crippen molar-refractivity contribution in [2.24, 2.45) is 0 Å². The monoisotopic (exact) mass is 451 g/mol. The van der Waals surface area contributed by atoms with Crippen LogP contribution in [0.2, 0.25) is 10.0 Å². The number of carbonyl (C=O) groups is 1. The van der Waals surface area contributed by atoms with E-state index in [1.807, 2.05) is 18.2 Å². The molecule has 1 heterocycles. The van der Waals surface area contributed by atoms with Crippen LogP contribution in [0.4, 0.5) is 5.13 Å². The highest BCUT2D eigenvalue weighted by atomic mass is 35.5. The third-order valence-corrected chi connectivity index (χ3v) is 6.19. The number of thiazole rings is 1. The first-order valence-corrected chi connectivity index (χ1v) is 11.0. The molecule has 0 atom stereocenters. The summed E-state index contributed by atoms with van der Waals surface area (Å²) in [5.41, 5.74) is 1.19. The smallest absolute Gasteiger partial charge is 0.260 e. The van der Waals surface area contributed by atoms with Crippen molar-refractivity contribution in [2.45, 2.75) is 13.8 Å². The van der Waals surface area contributed by atoms with Crippen LogP contribution in [0.5, 0.6) is 5.75 Å². The number of rotatable bonds is 8. The van der Waals surface area contributed by atoms with Gasteiger partial charge in [0.25, 0.3) is 5.91 Å². The van der Waals surface area contributed by atoms with Gasteiger partial charge in [0, 0.05) is 28.7 Å². The van der Waals surface area contributed by atoms with Crippen LogP contribution >= 0.6 is 34.5 Å². The van der Waals surface area contributed by atoms with E-state index in [0.717, 1.165) is 29.9 Å². The lowest BCUT2D eigenvalue weighted by atomic mass is 10.2. The maximum atomic E-state index is 13.4. The summed E-state index contributed by atoms with van der Waals surface area (Å²) in [5, 5.41) is 1.48. The van der Waals surface area contributed by atoms with Crippen LogP contribution in [0, 0.1) is 0 Å². The molecule has 0 unspecified atom stereocenters. The molecule has 0 N–H and O–H groups in total. The first kappa shape index (κ1) is 21.8. The van der Waals surface area contributed by atoms with Gasteiger partial charge in [-0.2, -0.15) is 0 Å². The van der Waals surface area contributed by atoms with E-state index < -0.39 is 0 Å². The summed E-state index contributed by atoms with van der Waals surface area (Å²) in [6, 6.07) is 10.6. The van der Waals surface area contributed by atoms with Crippen molar-refractivity contribution in [1.82, 2.24) is 9.88 Å². The fourth-order valence-electron chi connectivity index (χ4n) is 3.09. The Balaban J connectivity index is 2.01. The second kappa shape index (κ2) is 9.76. The lowest BCUT2D eigenvalue weighted by Gasteiger charge is -2.25. The number of likely N-dealkylation sites (N-methyl/N-ethyl adjacent to an activating group) is 1. The minimum atomic E-state index is -0.181. The molecule has 29 heavy (non-hydrogen) atoms. The number of hydrogen-bond acceptors (Lipinski definition) is 5. The van der Waals surface area contributed by atoms with Crippen molar-refractivity contribution in [3.05, 3.63) is 52.0 Å².